The summed E-state index contributed by atoms with van der Waals surface area (Å²) in [7, 11) is 0. The van der Waals surface area contributed by atoms with Crippen molar-refractivity contribution in [2.75, 3.05) is 26.3 Å². The fraction of sp³-hybridized carbons (Fsp3) is 0.583. The number of carbonyl (C=O) groups is 1. The van der Waals surface area contributed by atoms with Crippen LogP contribution in [0.5, 0.6) is 0 Å². The molecule has 1 saturated heterocycles. The summed E-state index contributed by atoms with van der Waals surface area (Å²) in [5.74, 6) is 0.113. The summed E-state index contributed by atoms with van der Waals surface area (Å²) in [6.07, 6.45) is 1.63. The lowest BCUT2D eigenvalue weighted by Gasteiger charge is -2.29. The summed E-state index contributed by atoms with van der Waals surface area (Å²) in [5, 5.41) is 10.9. The molecular weight excluding hydrogens is 232 g/mol. The predicted molar refractivity (Wildman–Crippen MR) is 65.7 cm³/mol. The number of nitrogens with zero attached hydrogens (tertiary/aromatic N) is 3. The van der Waals surface area contributed by atoms with Gasteiger partial charge in [-0.15, -0.1) is 0 Å². The van der Waals surface area contributed by atoms with Crippen LogP contribution in [-0.2, 0) is 16.1 Å². The van der Waals surface area contributed by atoms with Gasteiger partial charge in [0.2, 0.25) is 5.91 Å². The number of morpholine rings is 1. The Kier molecular flexibility index (Phi) is 4.60. The largest absolute Gasteiger partial charge is 0.378 e. The molecule has 6 heteroatoms. The van der Waals surface area contributed by atoms with Crippen LogP contribution >= 0.6 is 0 Å². The Balaban J connectivity index is 1.80. The van der Waals surface area contributed by atoms with E-state index in [1.165, 1.54) is 0 Å². The normalized spacial score (nSPS) is 17.5. The van der Waals surface area contributed by atoms with Gasteiger partial charge in [-0.05, 0) is 19.1 Å². The van der Waals surface area contributed by atoms with Gasteiger partial charge in [-0.3, -0.25) is 4.79 Å². The first-order valence-corrected chi connectivity index (χ1v) is 6.14. The molecule has 1 aromatic rings. The summed E-state index contributed by atoms with van der Waals surface area (Å²) in [6, 6.07) is 3.50. The maximum atomic E-state index is 12.1. The van der Waals surface area contributed by atoms with Crippen molar-refractivity contribution in [1.29, 1.82) is 0 Å². The Morgan fingerprint density at radius 1 is 1.56 bits per heavy atom. The smallest absolute Gasteiger partial charge is 0.239 e. The zero-order valence-corrected chi connectivity index (χ0v) is 10.5. The van der Waals surface area contributed by atoms with Gasteiger partial charge in [0.05, 0.1) is 24.9 Å². The van der Waals surface area contributed by atoms with Crippen LogP contribution in [0.15, 0.2) is 18.3 Å². The second-order valence-corrected chi connectivity index (χ2v) is 4.26. The third-order valence-electron chi connectivity index (χ3n) is 2.91. The molecule has 0 aromatic carbocycles. The molecule has 0 saturated carbocycles. The van der Waals surface area contributed by atoms with E-state index in [1.54, 1.807) is 6.20 Å². The van der Waals surface area contributed by atoms with E-state index in [1.807, 2.05) is 24.0 Å². The molecule has 0 bridgehead atoms. The Morgan fingerprint density at radius 2 is 2.33 bits per heavy atom. The number of hydrogen-bond acceptors (Lipinski definition) is 5. The molecule has 0 spiro atoms. The molecule has 1 N–H and O–H groups in total. The molecule has 1 unspecified atom stereocenters. The molecule has 18 heavy (non-hydrogen) atoms. The fourth-order valence-corrected chi connectivity index (χ4v) is 1.83. The highest BCUT2D eigenvalue weighted by atomic mass is 16.5. The molecule has 1 aromatic heterocycles. The molecule has 6 nitrogen and oxygen atoms in total. The molecule has 1 aliphatic heterocycles. The second kappa shape index (κ2) is 6.42. The van der Waals surface area contributed by atoms with Crippen LogP contribution in [0.1, 0.15) is 12.6 Å². The van der Waals surface area contributed by atoms with Crippen LogP contribution in [0.4, 0.5) is 0 Å². The minimum atomic E-state index is -0.217. The zero-order valence-electron chi connectivity index (χ0n) is 10.5. The number of hydrogen-bond donors (Lipinski definition) is 1. The van der Waals surface area contributed by atoms with Crippen LogP contribution < -0.4 is 5.32 Å². The van der Waals surface area contributed by atoms with Gasteiger partial charge in [0, 0.05) is 25.8 Å². The fourth-order valence-electron chi connectivity index (χ4n) is 1.83. The van der Waals surface area contributed by atoms with E-state index in [0.29, 0.717) is 32.8 Å². The molecule has 1 fully saturated rings. The summed E-state index contributed by atoms with van der Waals surface area (Å²) in [4.78, 5) is 13.9. The Labute approximate surface area is 106 Å². The average Bonchev–Trinajstić information content (AvgIpc) is 2.46. The first-order valence-electron chi connectivity index (χ1n) is 6.14. The number of carbonyl (C=O) groups excluding carboxylic acids is 1. The maximum Gasteiger partial charge on any atom is 0.239 e. The van der Waals surface area contributed by atoms with E-state index in [4.69, 9.17) is 4.74 Å². The lowest BCUT2D eigenvalue weighted by Crippen LogP contribution is -2.49. The SMILES string of the molecule is CC(NCc1cccnn1)C(=O)N1CCOCC1. The number of nitrogens with one attached hydrogen (secondary N) is 1. The monoisotopic (exact) mass is 250 g/mol. The second-order valence-electron chi connectivity index (χ2n) is 4.26. The van der Waals surface area contributed by atoms with Gasteiger partial charge in [0.15, 0.2) is 0 Å². The summed E-state index contributed by atoms with van der Waals surface area (Å²) in [5.41, 5.74) is 0.833. The Morgan fingerprint density at radius 3 is 3.00 bits per heavy atom. The summed E-state index contributed by atoms with van der Waals surface area (Å²) < 4.78 is 5.23. The van der Waals surface area contributed by atoms with Gasteiger partial charge in [0.1, 0.15) is 0 Å². The van der Waals surface area contributed by atoms with E-state index in [2.05, 4.69) is 15.5 Å². The van der Waals surface area contributed by atoms with E-state index < -0.39 is 0 Å². The third kappa shape index (κ3) is 3.48. The van der Waals surface area contributed by atoms with E-state index in [0.717, 1.165) is 5.69 Å². The molecular formula is C12H18N4O2. The zero-order chi connectivity index (χ0) is 12.8. The van der Waals surface area contributed by atoms with Gasteiger partial charge >= 0.3 is 0 Å². The lowest BCUT2D eigenvalue weighted by molar-refractivity contribution is -0.137. The number of aromatic nitrogens is 2. The molecule has 2 rings (SSSR count). The minimum Gasteiger partial charge on any atom is -0.378 e. The van der Waals surface area contributed by atoms with Crippen molar-refractivity contribution in [3.63, 3.8) is 0 Å². The molecule has 98 valence electrons. The number of rotatable bonds is 4. The van der Waals surface area contributed by atoms with Crippen LogP contribution in [0.25, 0.3) is 0 Å². The summed E-state index contributed by atoms with van der Waals surface area (Å²) in [6.45, 7) is 5.02. The number of ether oxygens (including phenoxy) is 1. The van der Waals surface area contributed by atoms with Gasteiger partial charge in [0.25, 0.3) is 0 Å². The minimum absolute atomic E-state index is 0.113. The van der Waals surface area contributed by atoms with E-state index in [9.17, 15) is 4.79 Å². The van der Waals surface area contributed by atoms with Crippen molar-refractivity contribution in [1.82, 2.24) is 20.4 Å². The van der Waals surface area contributed by atoms with Crippen LogP contribution in [0, 0.1) is 0 Å². The van der Waals surface area contributed by atoms with E-state index in [-0.39, 0.29) is 11.9 Å². The number of amides is 1. The molecule has 2 heterocycles. The highest BCUT2D eigenvalue weighted by Gasteiger charge is 2.21. The summed E-state index contributed by atoms with van der Waals surface area (Å²) >= 11 is 0. The van der Waals surface area contributed by atoms with Crippen LogP contribution in [-0.4, -0.2) is 53.3 Å². The first kappa shape index (κ1) is 12.9. The van der Waals surface area contributed by atoms with Crippen molar-refractivity contribution in [3.8, 4) is 0 Å². The van der Waals surface area contributed by atoms with Crippen molar-refractivity contribution >= 4 is 5.91 Å². The molecule has 1 aliphatic rings. The van der Waals surface area contributed by atoms with Gasteiger partial charge in [-0.1, -0.05) is 0 Å². The van der Waals surface area contributed by atoms with Gasteiger partial charge < -0.3 is 15.0 Å². The first-order chi connectivity index (χ1) is 8.77. The van der Waals surface area contributed by atoms with Crippen molar-refractivity contribution in [2.24, 2.45) is 0 Å². The quantitative estimate of drug-likeness (QED) is 0.802. The highest BCUT2D eigenvalue weighted by Crippen LogP contribution is 2.01. The molecule has 1 atom stereocenters. The van der Waals surface area contributed by atoms with Gasteiger partial charge in [-0.2, -0.15) is 10.2 Å². The van der Waals surface area contributed by atoms with Crippen LogP contribution in [0.3, 0.4) is 0 Å². The Hall–Kier alpha value is -1.53. The van der Waals surface area contributed by atoms with Crippen LogP contribution in [0.2, 0.25) is 0 Å². The predicted octanol–water partition coefficient (Wildman–Crippen LogP) is -0.186. The van der Waals surface area contributed by atoms with Crippen molar-refractivity contribution < 1.29 is 9.53 Å². The van der Waals surface area contributed by atoms with Crippen molar-refractivity contribution in [3.05, 3.63) is 24.0 Å². The standard InChI is InChI=1S/C12H18N4O2/c1-10(12(17)16-5-7-18-8-6-16)13-9-11-3-2-4-14-15-11/h2-4,10,13H,5-9H2,1H3. The highest BCUT2D eigenvalue weighted by molar-refractivity contribution is 5.81. The van der Waals surface area contributed by atoms with Crippen molar-refractivity contribution in [2.45, 2.75) is 19.5 Å². The topological polar surface area (TPSA) is 67.4 Å². The molecule has 0 radical (unpaired) electrons. The van der Waals surface area contributed by atoms with Gasteiger partial charge in [-0.25, -0.2) is 0 Å². The Bertz CT molecular complexity index is 379. The maximum absolute atomic E-state index is 12.1. The average molecular weight is 250 g/mol. The lowest BCUT2D eigenvalue weighted by atomic mass is 10.2. The van der Waals surface area contributed by atoms with E-state index >= 15 is 0 Å². The molecule has 1 amide bonds. The molecule has 0 aliphatic carbocycles. The third-order valence-corrected chi connectivity index (χ3v) is 2.91.